The average molecular weight is 292 g/mol. The fourth-order valence-electron chi connectivity index (χ4n) is 2.41. The lowest BCUT2D eigenvalue weighted by Gasteiger charge is -2.12. The lowest BCUT2D eigenvalue weighted by Crippen LogP contribution is -2.34. The summed E-state index contributed by atoms with van der Waals surface area (Å²) in [5.74, 6) is -0.0587. The van der Waals surface area contributed by atoms with Crippen LogP contribution in [0.4, 0.5) is 0 Å². The van der Waals surface area contributed by atoms with Gasteiger partial charge in [0.05, 0.1) is 16.3 Å². The molecule has 1 atom stereocenters. The Balaban J connectivity index is 1.66. The van der Waals surface area contributed by atoms with Crippen LogP contribution in [-0.2, 0) is 16.1 Å². The molecular weight excluding hydrogens is 276 g/mol. The summed E-state index contributed by atoms with van der Waals surface area (Å²) in [6, 6.07) is 3.38. The molecule has 1 aliphatic rings. The zero-order valence-corrected chi connectivity index (χ0v) is 11.8. The highest BCUT2D eigenvalue weighted by Gasteiger charge is 2.16. The van der Waals surface area contributed by atoms with Crippen molar-refractivity contribution in [3.05, 3.63) is 33.9 Å². The molecule has 0 bridgehead atoms. The predicted molar refractivity (Wildman–Crippen MR) is 78.1 cm³/mol. The minimum Gasteiger partial charge on any atom is -0.376 e. The Labute approximate surface area is 120 Å². The molecule has 3 rings (SSSR count). The van der Waals surface area contributed by atoms with Crippen molar-refractivity contribution in [2.75, 3.05) is 13.2 Å². The zero-order valence-electron chi connectivity index (χ0n) is 11.0. The fraction of sp³-hybridized carbons (Fsp3) is 0.429. The molecule has 2 aromatic heterocycles. The number of nitrogens with one attached hydrogen (secondary N) is 1. The lowest BCUT2D eigenvalue weighted by atomic mass is 10.2. The van der Waals surface area contributed by atoms with Crippen molar-refractivity contribution >= 4 is 27.5 Å². The second-order valence-electron chi connectivity index (χ2n) is 4.88. The van der Waals surface area contributed by atoms with Gasteiger partial charge in [0.1, 0.15) is 6.54 Å². The van der Waals surface area contributed by atoms with Crippen molar-refractivity contribution in [1.29, 1.82) is 0 Å². The first-order valence-corrected chi connectivity index (χ1v) is 7.57. The van der Waals surface area contributed by atoms with Crippen LogP contribution in [0.15, 0.2) is 28.5 Å². The first-order chi connectivity index (χ1) is 9.74. The number of hydrogen-bond donors (Lipinski definition) is 1. The molecule has 0 spiro atoms. The molecule has 0 radical (unpaired) electrons. The van der Waals surface area contributed by atoms with E-state index < -0.39 is 0 Å². The van der Waals surface area contributed by atoms with Crippen LogP contribution in [0.1, 0.15) is 12.8 Å². The van der Waals surface area contributed by atoms with E-state index in [1.807, 2.05) is 11.4 Å². The summed E-state index contributed by atoms with van der Waals surface area (Å²) in [5.41, 5.74) is 0.820. The van der Waals surface area contributed by atoms with E-state index in [1.165, 1.54) is 17.4 Å². The molecule has 3 heterocycles. The number of fused-ring (bicyclic) bond motifs is 1. The molecule has 1 N–H and O–H groups in total. The molecule has 1 amide bonds. The Kier molecular flexibility index (Phi) is 3.84. The number of carbonyl (C=O) groups is 1. The highest BCUT2D eigenvalue weighted by atomic mass is 32.1. The maximum atomic E-state index is 12.0. The normalized spacial score (nSPS) is 18.5. The maximum absolute atomic E-state index is 12.0. The molecule has 0 unspecified atom stereocenters. The molecule has 6 heteroatoms. The number of aromatic nitrogens is 1. The number of hydrogen-bond acceptors (Lipinski definition) is 4. The monoisotopic (exact) mass is 292 g/mol. The number of thiophene rings is 1. The van der Waals surface area contributed by atoms with Gasteiger partial charge < -0.3 is 14.6 Å². The highest BCUT2D eigenvalue weighted by molar-refractivity contribution is 7.17. The lowest BCUT2D eigenvalue weighted by molar-refractivity contribution is -0.122. The van der Waals surface area contributed by atoms with Crippen molar-refractivity contribution in [3.8, 4) is 0 Å². The van der Waals surface area contributed by atoms with E-state index in [9.17, 15) is 9.59 Å². The number of carbonyl (C=O) groups excluding carboxylic acids is 1. The molecule has 1 aliphatic heterocycles. The largest absolute Gasteiger partial charge is 0.376 e. The summed E-state index contributed by atoms with van der Waals surface area (Å²) in [4.78, 5) is 23.6. The third-order valence-electron chi connectivity index (χ3n) is 3.45. The van der Waals surface area contributed by atoms with E-state index in [1.54, 1.807) is 10.8 Å². The first kappa shape index (κ1) is 13.3. The van der Waals surface area contributed by atoms with Gasteiger partial charge in [0, 0.05) is 25.4 Å². The van der Waals surface area contributed by atoms with Crippen molar-refractivity contribution < 1.29 is 9.53 Å². The molecular formula is C14H16N2O3S. The molecule has 5 nitrogen and oxygen atoms in total. The second kappa shape index (κ2) is 5.76. The van der Waals surface area contributed by atoms with Crippen LogP contribution in [0, 0.1) is 0 Å². The van der Waals surface area contributed by atoms with Crippen molar-refractivity contribution in [1.82, 2.24) is 9.88 Å². The number of ether oxygens (including phenoxy) is 1. The Morgan fingerprint density at radius 1 is 1.50 bits per heavy atom. The van der Waals surface area contributed by atoms with E-state index >= 15 is 0 Å². The van der Waals surface area contributed by atoms with Gasteiger partial charge in [0.15, 0.2) is 5.43 Å². The van der Waals surface area contributed by atoms with Crippen molar-refractivity contribution in [3.63, 3.8) is 0 Å². The Morgan fingerprint density at radius 3 is 3.20 bits per heavy atom. The van der Waals surface area contributed by atoms with E-state index in [0.717, 1.165) is 25.0 Å². The maximum Gasteiger partial charge on any atom is 0.240 e. The SMILES string of the molecule is O=C(Cn1ccc(=O)c2sccc21)NC[C@H]1CCCO1. The van der Waals surface area contributed by atoms with E-state index in [4.69, 9.17) is 4.74 Å². The summed E-state index contributed by atoms with van der Waals surface area (Å²) in [6.45, 7) is 1.57. The van der Waals surface area contributed by atoms with Crippen LogP contribution >= 0.6 is 11.3 Å². The Hall–Kier alpha value is -1.66. The van der Waals surface area contributed by atoms with Crippen LogP contribution in [0.25, 0.3) is 10.2 Å². The minimum atomic E-state index is -0.0587. The van der Waals surface area contributed by atoms with Gasteiger partial charge in [0.2, 0.25) is 5.91 Å². The Morgan fingerprint density at radius 2 is 2.40 bits per heavy atom. The van der Waals surface area contributed by atoms with Crippen LogP contribution in [0.5, 0.6) is 0 Å². The quantitative estimate of drug-likeness (QED) is 0.925. The van der Waals surface area contributed by atoms with Crippen molar-refractivity contribution in [2.45, 2.75) is 25.5 Å². The van der Waals surface area contributed by atoms with Gasteiger partial charge in [0.25, 0.3) is 0 Å². The zero-order chi connectivity index (χ0) is 13.9. The molecule has 1 saturated heterocycles. The van der Waals surface area contributed by atoms with E-state index in [-0.39, 0.29) is 24.0 Å². The summed E-state index contributed by atoms with van der Waals surface area (Å²) in [7, 11) is 0. The summed E-state index contributed by atoms with van der Waals surface area (Å²) < 4.78 is 7.96. The van der Waals surface area contributed by atoms with Crippen LogP contribution in [-0.4, -0.2) is 29.7 Å². The Bertz CT molecular complexity index is 670. The molecule has 0 saturated carbocycles. The summed E-state index contributed by atoms with van der Waals surface area (Å²) in [6.07, 6.45) is 3.89. The van der Waals surface area contributed by atoms with Gasteiger partial charge in [-0.1, -0.05) is 0 Å². The van der Waals surface area contributed by atoms with Gasteiger partial charge in [-0.25, -0.2) is 0 Å². The van der Waals surface area contributed by atoms with E-state index in [0.29, 0.717) is 11.2 Å². The van der Waals surface area contributed by atoms with Gasteiger partial charge in [-0.2, -0.15) is 0 Å². The number of amides is 1. The van der Waals surface area contributed by atoms with Crippen molar-refractivity contribution in [2.24, 2.45) is 0 Å². The van der Waals surface area contributed by atoms with E-state index in [2.05, 4.69) is 5.32 Å². The topological polar surface area (TPSA) is 60.3 Å². The highest BCUT2D eigenvalue weighted by Crippen LogP contribution is 2.16. The molecule has 0 aromatic carbocycles. The predicted octanol–water partition coefficient (Wildman–Crippen LogP) is 1.36. The van der Waals surface area contributed by atoms with Gasteiger partial charge in [-0.3, -0.25) is 9.59 Å². The third kappa shape index (κ3) is 2.76. The van der Waals surface area contributed by atoms with Crippen LogP contribution in [0.3, 0.4) is 0 Å². The average Bonchev–Trinajstić information content (AvgIpc) is 3.10. The summed E-state index contributed by atoms with van der Waals surface area (Å²) >= 11 is 1.40. The second-order valence-corrected chi connectivity index (χ2v) is 5.80. The fourth-order valence-corrected chi connectivity index (χ4v) is 3.23. The van der Waals surface area contributed by atoms with Gasteiger partial charge in [-0.15, -0.1) is 11.3 Å². The molecule has 2 aromatic rings. The standard InChI is InChI=1S/C14H16N2O3S/c17-12-3-5-16(11-4-7-20-14(11)12)9-13(18)15-8-10-2-1-6-19-10/h3-5,7,10H,1-2,6,8-9H2,(H,15,18)/t10-/m1/s1. The van der Waals surface area contributed by atoms with Crippen LogP contribution < -0.4 is 10.7 Å². The molecule has 0 aliphatic carbocycles. The number of nitrogens with zero attached hydrogens (tertiary/aromatic N) is 1. The molecule has 1 fully saturated rings. The summed E-state index contributed by atoms with van der Waals surface area (Å²) in [5, 5.41) is 4.75. The van der Waals surface area contributed by atoms with Gasteiger partial charge in [-0.05, 0) is 24.3 Å². The molecule has 106 valence electrons. The number of rotatable bonds is 4. The smallest absolute Gasteiger partial charge is 0.240 e. The molecule has 20 heavy (non-hydrogen) atoms. The third-order valence-corrected chi connectivity index (χ3v) is 4.37. The number of pyridine rings is 1. The van der Waals surface area contributed by atoms with Crippen LogP contribution in [0.2, 0.25) is 0 Å². The first-order valence-electron chi connectivity index (χ1n) is 6.69. The van der Waals surface area contributed by atoms with Gasteiger partial charge >= 0.3 is 0 Å². The minimum absolute atomic E-state index is 0.00557.